The third kappa shape index (κ3) is 8.42. The lowest BCUT2D eigenvalue weighted by Gasteiger charge is -2.44. The maximum atomic E-state index is 15.4. The topological polar surface area (TPSA) is 82.6 Å². The Morgan fingerprint density at radius 3 is 1.19 bits per heavy atom. The second-order valence-electron chi connectivity index (χ2n) is 13.9. The van der Waals surface area contributed by atoms with E-state index in [2.05, 4.69) is 15.0 Å². The smallest absolute Gasteiger partial charge is 0.227 e. The standard InChI is InChI=1S/C24BF20.C18H14N5O/c26-5-1(6(27)14(35)21(42)13(5)34)25(2-7(28)15(36)22(43)16(37)8(2)29,3-9(30)17(38)23(44)18(39)10(3)31)4-11(32)19(40)24(45)20(41)12(4)33;19-22-21-16-8-4-7-15(11-16)17-12-23(10-9-20-17)13-18(24)14-5-2-1-3-6-14/h;1-12H,13H2/q-1;+1. The Hall–Kier alpha value is -7.96. The molecule has 0 aliphatic heterocycles. The van der Waals surface area contributed by atoms with Gasteiger partial charge in [-0.2, -0.15) is 4.57 Å². The zero-order valence-corrected chi connectivity index (χ0v) is 32.9. The Morgan fingerprint density at radius 1 is 0.493 bits per heavy atom. The van der Waals surface area contributed by atoms with E-state index >= 15 is 35.1 Å². The summed E-state index contributed by atoms with van der Waals surface area (Å²) in [5.41, 5.74) is -3.08. The van der Waals surface area contributed by atoms with Gasteiger partial charge in [-0.1, -0.05) is 53.6 Å². The average molecular weight is 995 g/mol. The van der Waals surface area contributed by atoms with Crippen molar-refractivity contribution in [1.29, 1.82) is 0 Å². The molecule has 356 valence electrons. The van der Waals surface area contributed by atoms with E-state index < -0.39 is 144 Å². The molecular weight excluding hydrogens is 981 g/mol. The maximum absolute atomic E-state index is 15.4. The molecule has 6 aromatic carbocycles. The summed E-state index contributed by atoms with van der Waals surface area (Å²) in [7, 11) is 0. The summed E-state index contributed by atoms with van der Waals surface area (Å²) in [5.74, 6) is -71.4. The second-order valence-corrected chi connectivity index (χ2v) is 13.9. The van der Waals surface area contributed by atoms with Gasteiger partial charge in [0, 0.05) is 21.7 Å². The molecule has 6 nitrogen and oxygen atoms in total. The van der Waals surface area contributed by atoms with Crippen LogP contribution in [0.25, 0.3) is 21.7 Å². The van der Waals surface area contributed by atoms with Gasteiger partial charge in [-0.15, -0.1) is 21.9 Å². The Labute approximate surface area is 369 Å². The number of hydrogen-bond acceptors (Lipinski definition) is 3. The highest BCUT2D eigenvalue weighted by Gasteiger charge is 2.52. The third-order valence-corrected chi connectivity index (χ3v) is 10.2. The molecule has 1 heterocycles. The first-order valence-corrected chi connectivity index (χ1v) is 18.3. The van der Waals surface area contributed by atoms with Crippen molar-refractivity contribution < 1.29 is 97.2 Å². The molecule has 0 aliphatic carbocycles. The fourth-order valence-corrected chi connectivity index (χ4v) is 7.21. The van der Waals surface area contributed by atoms with Crippen molar-refractivity contribution in [2.75, 3.05) is 0 Å². The van der Waals surface area contributed by atoms with Gasteiger partial charge in [0.05, 0.1) is 6.20 Å². The van der Waals surface area contributed by atoms with E-state index in [4.69, 9.17) is 5.53 Å². The summed E-state index contributed by atoms with van der Waals surface area (Å²) in [4.78, 5) is 19.4. The number of nitrogens with zero attached hydrogens (tertiary/aromatic N) is 5. The van der Waals surface area contributed by atoms with Gasteiger partial charge >= 0.3 is 0 Å². The molecule has 0 spiro atoms. The van der Waals surface area contributed by atoms with E-state index in [1.165, 1.54) is 0 Å². The van der Waals surface area contributed by atoms with Gasteiger partial charge < -0.3 is 0 Å². The Bertz CT molecular complexity index is 2920. The number of aromatic nitrogens is 2. The van der Waals surface area contributed by atoms with Gasteiger partial charge in [0.15, 0.2) is 82.2 Å². The first kappa shape index (κ1) is 50.5. The monoisotopic (exact) mass is 995 g/mol. The number of carbonyl (C=O) groups is 1. The van der Waals surface area contributed by atoms with Crippen LogP contribution in [0.2, 0.25) is 0 Å². The van der Waals surface area contributed by atoms with E-state index in [-0.39, 0.29) is 12.3 Å². The van der Waals surface area contributed by atoms with Crippen LogP contribution < -0.4 is 26.4 Å². The largest absolute Gasteiger partial charge is 0.287 e. The molecule has 0 amide bonds. The quantitative estimate of drug-likeness (QED) is 0.0166. The fraction of sp³-hybridized carbons (Fsp3) is 0.0238. The highest BCUT2D eigenvalue weighted by Crippen LogP contribution is 2.31. The van der Waals surface area contributed by atoms with E-state index in [1.807, 2.05) is 24.3 Å². The average Bonchev–Trinajstić information content (AvgIpc) is 3.34. The molecule has 27 heteroatoms. The minimum Gasteiger partial charge on any atom is -0.287 e. The number of Topliss-reactive ketones (excluding diaryl/α,β-unsaturated/α-hetero) is 1. The van der Waals surface area contributed by atoms with Crippen molar-refractivity contribution in [2.24, 2.45) is 5.11 Å². The predicted molar refractivity (Wildman–Crippen MR) is 199 cm³/mol. The summed E-state index contributed by atoms with van der Waals surface area (Å²) in [6.07, 6.45) is -2.02. The highest BCUT2D eigenvalue weighted by molar-refractivity contribution is 7.20. The molecule has 0 N–H and O–H groups in total. The SMILES string of the molecule is Fc1c(F)c(F)c([B-](c2c(F)c(F)c(F)c(F)c2F)(c2c(F)c(F)c(F)c(F)c2F)c2c(F)c(F)c(F)c(F)c2F)c(F)c1F.[N-]=[N+]=Nc1cccc(-c2c[n+](CC(=O)c3ccccc3)ccn2)c1. The van der Waals surface area contributed by atoms with Crippen molar-refractivity contribution in [3.05, 3.63) is 206 Å². The van der Waals surface area contributed by atoms with E-state index in [0.717, 1.165) is 5.56 Å². The van der Waals surface area contributed by atoms with Crippen LogP contribution in [-0.4, -0.2) is 16.9 Å². The van der Waals surface area contributed by atoms with Crippen molar-refractivity contribution in [3.63, 3.8) is 0 Å². The van der Waals surface area contributed by atoms with Crippen molar-refractivity contribution in [3.8, 4) is 11.3 Å². The van der Waals surface area contributed by atoms with Crippen LogP contribution in [0.3, 0.4) is 0 Å². The summed E-state index contributed by atoms with van der Waals surface area (Å²) >= 11 is 0. The highest BCUT2D eigenvalue weighted by atomic mass is 19.2. The van der Waals surface area contributed by atoms with Gasteiger partial charge in [-0.05, 0) is 11.6 Å². The van der Waals surface area contributed by atoms with Gasteiger partial charge in [0.25, 0.3) is 0 Å². The van der Waals surface area contributed by atoms with Crippen LogP contribution in [0.4, 0.5) is 93.5 Å². The molecule has 0 unspecified atom stereocenters. The lowest BCUT2D eigenvalue weighted by molar-refractivity contribution is -0.683. The molecule has 1 aromatic heterocycles. The lowest BCUT2D eigenvalue weighted by Crippen LogP contribution is -2.81. The van der Waals surface area contributed by atoms with Crippen LogP contribution in [0, 0.1) is 116 Å². The molecule has 0 fully saturated rings. The first-order valence-electron chi connectivity index (χ1n) is 18.3. The predicted octanol–water partition coefficient (Wildman–Crippen LogP) is 9.71. The fourth-order valence-electron chi connectivity index (χ4n) is 7.21. The summed E-state index contributed by atoms with van der Waals surface area (Å²) in [6.45, 7) is 0.232. The summed E-state index contributed by atoms with van der Waals surface area (Å²) in [6, 6.07) is 16.3. The molecular formula is C42H14BF20N5O. The first-order chi connectivity index (χ1) is 32.5. The van der Waals surface area contributed by atoms with Crippen LogP contribution in [-0.2, 0) is 6.54 Å². The minimum absolute atomic E-state index is 0.0283. The molecule has 0 saturated heterocycles. The molecule has 0 aliphatic rings. The van der Waals surface area contributed by atoms with E-state index in [0.29, 0.717) is 16.9 Å². The number of benzene rings is 6. The number of carbonyl (C=O) groups excluding carboxylic acids is 1. The van der Waals surface area contributed by atoms with Crippen molar-refractivity contribution in [1.82, 2.24) is 4.98 Å². The summed E-state index contributed by atoms with van der Waals surface area (Å²) < 4.78 is 296. The molecule has 0 atom stereocenters. The third-order valence-electron chi connectivity index (χ3n) is 10.2. The molecule has 0 saturated carbocycles. The molecule has 7 rings (SSSR count). The van der Waals surface area contributed by atoms with Crippen molar-refractivity contribution in [2.45, 2.75) is 6.54 Å². The van der Waals surface area contributed by atoms with Crippen LogP contribution in [0.5, 0.6) is 0 Å². The summed E-state index contributed by atoms with van der Waals surface area (Å²) in [5, 5.41) is 3.60. The Balaban J connectivity index is 0.000000273. The number of halogens is 20. The number of ketones is 1. The van der Waals surface area contributed by atoms with Gasteiger partial charge in [-0.25, -0.2) is 92.8 Å². The van der Waals surface area contributed by atoms with Crippen molar-refractivity contribution >= 4 is 39.5 Å². The zero-order chi connectivity index (χ0) is 51.1. The Kier molecular flexibility index (Phi) is 14.1. The van der Waals surface area contributed by atoms with Crippen LogP contribution >= 0.6 is 0 Å². The molecule has 7 aromatic rings. The maximum Gasteiger partial charge on any atom is 0.227 e. The number of azide groups is 1. The van der Waals surface area contributed by atoms with Gasteiger partial charge in [0.2, 0.25) is 12.3 Å². The van der Waals surface area contributed by atoms with E-state index in [1.54, 1.807) is 53.5 Å². The molecule has 0 bridgehead atoms. The second kappa shape index (κ2) is 19.3. The number of rotatable bonds is 9. The zero-order valence-electron chi connectivity index (χ0n) is 32.9. The normalized spacial score (nSPS) is 11.3. The number of hydrogen-bond donors (Lipinski definition) is 0. The van der Waals surface area contributed by atoms with Crippen LogP contribution in [0.1, 0.15) is 10.4 Å². The van der Waals surface area contributed by atoms with Gasteiger partial charge in [-0.3, -0.25) is 4.79 Å². The van der Waals surface area contributed by atoms with E-state index in [9.17, 15) is 57.5 Å². The Morgan fingerprint density at radius 2 is 0.841 bits per heavy atom. The minimum atomic E-state index is -7.22. The molecule has 69 heavy (non-hydrogen) atoms. The lowest BCUT2D eigenvalue weighted by atomic mass is 9.12. The van der Waals surface area contributed by atoms with Gasteiger partial charge in [0.1, 0.15) is 58.4 Å². The molecule has 0 radical (unpaired) electrons. The van der Waals surface area contributed by atoms with Crippen LogP contribution in [0.15, 0.2) is 78.3 Å².